The Balaban J connectivity index is 2.07. The Morgan fingerprint density at radius 1 is 1.19 bits per heavy atom. The molecule has 0 saturated heterocycles. The summed E-state index contributed by atoms with van der Waals surface area (Å²) in [4.78, 5) is 0.102. The second-order valence-electron chi connectivity index (χ2n) is 4.43. The fourth-order valence-electron chi connectivity index (χ4n) is 1.83. The van der Waals surface area contributed by atoms with Gasteiger partial charge >= 0.3 is 0 Å². The van der Waals surface area contributed by atoms with Gasteiger partial charge in [0.1, 0.15) is 5.82 Å². The van der Waals surface area contributed by atoms with Crippen LogP contribution in [0, 0.1) is 5.82 Å². The third-order valence-electron chi connectivity index (χ3n) is 2.89. The number of rotatable bonds is 5. The maximum atomic E-state index is 13.4. The van der Waals surface area contributed by atoms with Crippen molar-refractivity contribution in [2.45, 2.75) is 11.3 Å². The molecule has 0 aliphatic rings. The smallest absolute Gasteiger partial charge is 0.241 e. The SMILES string of the molecule is Nc1ccc(S(=O)(=O)NCCc2ccccc2F)c(Br)c1. The van der Waals surface area contributed by atoms with E-state index < -0.39 is 10.0 Å². The molecule has 2 aromatic carbocycles. The molecule has 0 amide bonds. The van der Waals surface area contributed by atoms with Crippen molar-refractivity contribution < 1.29 is 12.8 Å². The molecule has 4 nitrogen and oxygen atoms in total. The van der Waals surface area contributed by atoms with Crippen molar-refractivity contribution in [2.24, 2.45) is 0 Å². The van der Waals surface area contributed by atoms with Gasteiger partial charge in [0.15, 0.2) is 0 Å². The number of sulfonamides is 1. The van der Waals surface area contributed by atoms with Gasteiger partial charge in [-0.2, -0.15) is 0 Å². The molecule has 0 fully saturated rings. The molecule has 3 N–H and O–H groups in total. The van der Waals surface area contributed by atoms with Crippen LogP contribution in [-0.2, 0) is 16.4 Å². The summed E-state index contributed by atoms with van der Waals surface area (Å²) < 4.78 is 40.6. The number of nitrogen functional groups attached to an aromatic ring is 1. The highest BCUT2D eigenvalue weighted by Gasteiger charge is 2.17. The molecule has 21 heavy (non-hydrogen) atoms. The van der Waals surface area contributed by atoms with Crippen molar-refractivity contribution in [3.63, 3.8) is 0 Å². The van der Waals surface area contributed by atoms with Gasteiger partial charge in [0.05, 0.1) is 4.90 Å². The summed E-state index contributed by atoms with van der Waals surface area (Å²) in [6.07, 6.45) is 0.276. The van der Waals surface area contributed by atoms with Crippen LogP contribution >= 0.6 is 15.9 Å². The summed E-state index contributed by atoms with van der Waals surface area (Å²) in [5.74, 6) is -0.342. The number of anilines is 1. The Kier molecular flexibility index (Phi) is 4.97. The largest absolute Gasteiger partial charge is 0.399 e. The first-order chi connectivity index (χ1) is 9.90. The van der Waals surface area contributed by atoms with Gasteiger partial charge in [-0.05, 0) is 52.2 Å². The molecule has 0 radical (unpaired) electrons. The number of hydrogen-bond donors (Lipinski definition) is 2. The van der Waals surface area contributed by atoms with E-state index in [1.165, 1.54) is 24.3 Å². The molecule has 7 heteroatoms. The molecule has 0 heterocycles. The number of nitrogens with one attached hydrogen (secondary N) is 1. The molecule has 0 aromatic heterocycles. The van der Waals surface area contributed by atoms with Gasteiger partial charge < -0.3 is 5.73 Å². The number of hydrogen-bond acceptors (Lipinski definition) is 3. The van der Waals surface area contributed by atoms with Crippen molar-refractivity contribution in [1.29, 1.82) is 0 Å². The lowest BCUT2D eigenvalue weighted by Crippen LogP contribution is -2.26. The van der Waals surface area contributed by atoms with E-state index in [2.05, 4.69) is 20.7 Å². The minimum Gasteiger partial charge on any atom is -0.399 e. The quantitative estimate of drug-likeness (QED) is 0.792. The zero-order valence-electron chi connectivity index (χ0n) is 11.0. The molecule has 2 aromatic rings. The molecule has 0 aliphatic heterocycles. The zero-order chi connectivity index (χ0) is 15.5. The highest BCUT2D eigenvalue weighted by Crippen LogP contribution is 2.24. The van der Waals surface area contributed by atoms with E-state index in [1.807, 2.05) is 0 Å². The van der Waals surface area contributed by atoms with Crippen LogP contribution in [0.3, 0.4) is 0 Å². The summed E-state index contributed by atoms with van der Waals surface area (Å²) in [5.41, 5.74) is 6.51. The standard InChI is InChI=1S/C14H14BrFN2O2S/c15-12-9-11(17)5-6-14(12)21(19,20)18-8-7-10-3-1-2-4-13(10)16/h1-6,9,18H,7-8,17H2. The van der Waals surface area contributed by atoms with Crippen molar-refractivity contribution in [3.05, 3.63) is 58.3 Å². The first-order valence-electron chi connectivity index (χ1n) is 6.18. The Labute approximate surface area is 131 Å². The minimum atomic E-state index is -3.67. The minimum absolute atomic E-state index is 0.102. The van der Waals surface area contributed by atoms with Crippen molar-refractivity contribution in [2.75, 3.05) is 12.3 Å². The predicted molar refractivity (Wildman–Crippen MR) is 83.8 cm³/mol. The van der Waals surface area contributed by atoms with Gasteiger partial charge in [-0.1, -0.05) is 18.2 Å². The highest BCUT2D eigenvalue weighted by molar-refractivity contribution is 9.10. The van der Waals surface area contributed by atoms with Crippen LogP contribution < -0.4 is 10.5 Å². The summed E-state index contributed by atoms with van der Waals surface area (Å²) >= 11 is 3.17. The second-order valence-corrected chi connectivity index (χ2v) is 7.02. The van der Waals surface area contributed by atoms with Gasteiger partial charge in [0, 0.05) is 16.7 Å². The molecular formula is C14H14BrFN2O2S. The van der Waals surface area contributed by atoms with E-state index in [0.717, 1.165) is 0 Å². The van der Waals surface area contributed by atoms with E-state index in [9.17, 15) is 12.8 Å². The van der Waals surface area contributed by atoms with E-state index in [-0.39, 0.29) is 23.7 Å². The van der Waals surface area contributed by atoms with Crippen LogP contribution in [0.25, 0.3) is 0 Å². The van der Waals surface area contributed by atoms with Gasteiger partial charge in [0.25, 0.3) is 0 Å². The molecule has 0 spiro atoms. The third-order valence-corrected chi connectivity index (χ3v) is 5.33. The summed E-state index contributed by atoms with van der Waals surface area (Å²) in [6.45, 7) is 0.111. The first-order valence-corrected chi connectivity index (χ1v) is 8.46. The Bertz CT molecular complexity index is 750. The van der Waals surface area contributed by atoms with Gasteiger partial charge in [-0.3, -0.25) is 0 Å². The highest BCUT2D eigenvalue weighted by atomic mass is 79.9. The summed E-state index contributed by atoms with van der Waals surface area (Å²) in [7, 11) is -3.67. The lowest BCUT2D eigenvalue weighted by molar-refractivity contribution is 0.577. The molecule has 2 rings (SSSR count). The maximum Gasteiger partial charge on any atom is 0.241 e. The molecule has 0 unspecified atom stereocenters. The zero-order valence-corrected chi connectivity index (χ0v) is 13.4. The normalized spacial score (nSPS) is 11.5. The van der Waals surface area contributed by atoms with Crippen LogP contribution in [0.15, 0.2) is 51.8 Å². The van der Waals surface area contributed by atoms with Crippen molar-refractivity contribution in [3.8, 4) is 0 Å². The monoisotopic (exact) mass is 372 g/mol. The number of nitrogens with two attached hydrogens (primary N) is 1. The molecule has 112 valence electrons. The predicted octanol–water partition coefficient (Wildman–Crippen LogP) is 2.69. The topological polar surface area (TPSA) is 72.2 Å². The third kappa shape index (κ3) is 4.03. The molecule has 0 bridgehead atoms. The van der Waals surface area contributed by atoms with E-state index in [0.29, 0.717) is 15.7 Å². The van der Waals surface area contributed by atoms with Gasteiger partial charge in [-0.15, -0.1) is 0 Å². The molecule has 0 saturated carbocycles. The fourth-order valence-corrected chi connectivity index (χ4v) is 3.96. The van der Waals surface area contributed by atoms with Crippen LogP contribution in [0.1, 0.15) is 5.56 Å². The van der Waals surface area contributed by atoms with Crippen molar-refractivity contribution >= 4 is 31.6 Å². The van der Waals surface area contributed by atoms with Gasteiger partial charge in [-0.25, -0.2) is 17.5 Å². The first kappa shape index (κ1) is 15.9. The number of benzene rings is 2. The van der Waals surface area contributed by atoms with Crippen LogP contribution in [0.4, 0.5) is 10.1 Å². The maximum absolute atomic E-state index is 13.4. The van der Waals surface area contributed by atoms with Crippen LogP contribution in [0.2, 0.25) is 0 Å². The Hall–Kier alpha value is -1.44. The lowest BCUT2D eigenvalue weighted by Gasteiger charge is -2.09. The van der Waals surface area contributed by atoms with Crippen LogP contribution in [-0.4, -0.2) is 15.0 Å². The fraction of sp³-hybridized carbons (Fsp3) is 0.143. The average molecular weight is 373 g/mol. The van der Waals surface area contributed by atoms with E-state index in [4.69, 9.17) is 5.73 Å². The van der Waals surface area contributed by atoms with Crippen LogP contribution in [0.5, 0.6) is 0 Å². The molecular weight excluding hydrogens is 359 g/mol. The van der Waals surface area contributed by atoms with E-state index in [1.54, 1.807) is 18.2 Å². The summed E-state index contributed by atoms with van der Waals surface area (Å²) in [6, 6.07) is 10.7. The Morgan fingerprint density at radius 2 is 1.90 bits per heavy atom. The lowest BCUT2D eigenvalue weighted by atomic mass is 10.1. The molecule has 0 atom stereocenters. The average Bonchev–Trinajstić information content (AvgIpc) is 2.40. The van der Waals surface area contributed by atoms with Crippen molar-refractivity contribution in [1.82, 2.24) is 4.72 Å². The van der Waals surface area contributed by atoms with Gasteiger partial charge in [0.2, 0.25) is 10.0 Å². The second kappa shape index (κ2) is 6.55. The summed E-state index contributed by atoms with van der Waals surface area (Å²) in [5, 5.41) is 0. The van der Waals surface area contributed by atoms with E-state index >= 15 is 0 Å². The number of halogens is 2. The molecule has 0 aliphatic carbocycles. The Morgan fingerprint density at radius 3 is 2.57 bits per heavy atom.